The number of rotatable bonds is 9. The Hall–Kier alpha value is -2.71. The van der Waals surface area contributed by atoms with Crippen LogP contribution in [0, 0.1) is 6.92 Å². The fraction of sp³-hybridized carbons (Fsp3) is 0.480. The number of pyridine rings is 1. The zero-order valence-electron chi connectivity index (χ0n) is 21.1. The van der Waals surface area contributed by atoms with Gasteiger partial charge in [0.05, 0.1) is 37.3 Å². The van der Waals surface area contributed by atoms with Crippen LogP contribution in [0.3, 0.4) is 0 Å². The van der Waals surface area contributed by atoms with E-state index in [1.54, 1.807) is 18.1 Å². The van der Waals surface area contributed by atoms with Crippen LogP contribution in [0.2, 0.25) is 18.1 Å². The molecule has 0 bridgehead atoms. The highest BCUT2D eigenvalue weighted by Gasteiger charge is 2.39. The topological polar surface area (TPSA) is 74.1 Å². The van der Waals surface area contributed by atoms with E-state index in [2.05, 4.69) is 69.2 Å². The zero-order valence-corrected chi connectivity index (χ0v) is 22.1. The van der Waals surface area contributed by atoms with Crippen molar-refractivity contribution in [1.29, 1.82) is 0 Å². The molecule has 0 aliphatic carbocycles. The predicted molar refractivity (Wildman–Crippen MR) is 136 cm³/mol. The highest BCUT2D eigenvalue weighted by molar-refractivity contribution is 6.74. The van der Waals surface area contributed by atoms with Crippen LogP contribution in [0.4, 0.5) is 11.6 Å². The molecule has 178 valence electrons. The average Bonchev–Trinajstić information content (AvgIpc) is 3.20. The van der Waals surface area contributed by atoms with E-state index in [-0.39, 0.29) is 11.1 Å². The van der Waals surface area contributed by atoms with Crippen LogP contribution in [0.5, 0.6) is 5.75 Å². The van der Waals surface area contributed by atoms with E-state index < -0.39 is 8.32 Å². The standard InChI is InChI=1S/C25H37N5O2Si/c1-9-23(32-33(7,8)25(3,4)5)21-14-18(2)22(15-26-21)28-24-27-17-30(29-24)16-19-10-12-20(31-6)13-11-19/h10-15,17,23H,9,16H2,1-8H3,(H,28,29). The van der Waals surface area contributed by atoms with Crippen molar-refractivity contribution in [2.45, 2.75) is 71.8 Å². The molecule has 0 amide bonds. The summed E-state index contributed by atoms with van der Waals surface area (Å²) in [6.45, 7) is 16.2. The van der Waals surface area contributed by atoms with Crippen molar-refractivity contribution in [2.24, 2.45) is 0 Å². The molecule has 1 atom stereocenters. The van der Waals surface area contributed by atoms with Gasteiger partial charge in [-0.2, -0.15) is 0 Å². The molecule has 0 aliphatic rings. The fourth-order valence-corrected chi connectivity index (χ4v) is 4.59. The van der Waals surface area contributed by atoms with Crippen LogP contribution in [-0.2, 0) is 11.0 Å². The summed E-state index contributed by atoms with van der Waals surface area (Å²) in [7, 11) is -0.220. The van der Waals surface area contributed by atoms with Gasteiger partial charge in [0.2, 0.25) is 5.95 Å². The van der Waals surface area contributed by atoms with Crippen molar-refractivity contribution in [1.82, 2.24) is 19.7 Å². The third kappa shape index (κ3) is 6.20. The number of aromatic nitrogens is 4. The van der Waals surface area contributed by atoms with Crippen molar-refractivity contribution < 1.29 is 9.16 Å². The quantitative estimate of drug-likeness (QED) is 0.375. The van der Waals surface area contributed by atoms with Gasteiger partial charge in [-0.1, -0.05) is 39.8 Å². The minimum atomic E-state index is -1.88. The Morgan fingerprint density at radius 1 is 1.12 bits per heavy atom. The number of aryl methyl sites for hydroxylation is 1. The maximum atomic E-state index is 6.65. The molecule has 0 saturated carbocycles. The Morgan fingerprint density at radius 2 is 1.82 bits per heavy atom. The summed E-state index contributed by atoms with van der Waals surface area (Å²) >= 11 is 0. The smallest absolute Gasteiger partial charge is 0.246 e. The molecule has 33 heavy (non-hydrogen) atoms. The SMILES string of the molecule is CCC(O[Si](C)(C)C(C)(C)C)c1cc(C)c(Nc2ncn(Cc3ccc(OC)cc3)n2)cn1. The summed E-state index contributed by atoms with van der Waals surface area (Å²) in [6, 6.07) is 10.0. The van der Waals surface area contributed by atoms with Crippen LogP contribution < -0.4 is 10.1 Å². The predicted octanol–water partition coefficient (Wildman–Crippen LogP) is 6.25. The largest absolute Gasteiger partial charge is 0.497 e. The third-order valence-electron chi connectivity index (χ3n) is 6.36. The molecule has 1 unspecified atom stereocenters. The molecule has 3 rings (SSSR count). The lowest BCUT2D eigenvalue weighted by molar-refractivity contribution is 0.175. The number of hydrogen-bond acceptors (Lipinski definition) is 6. The van der Waals surface area contributed by atoms with E-state index in [1.165, 1.54) is 0 Å². The average molecular weight is 468 g/mol. The first kappa shape index (κ1) is 24.9. The number of ether oxygens (including phenoxy) is 1. The van der Waals surface area contributed by atoms with Crippen molar-refractivity contribution in [3.63, 3.8) is 0 Å². The molecular formula is C25H37N5O2Si. The van der Waals surface area contributed by atoms with Crippen molar-refractivity contribution in [3.05, 3.63) is 59.7 Å². The van der Waals surface area contributed by atoms with E-state index in [0.717, 1.165) is 34.7 Å². The third-order valence-corrected chi connectivity index (χ3v) is 10.8. The van der Waals surface area contributed by atoms with Gasteiger partial charge in [-0.25, -0.2) is 9.67 Å². The first-order chi connectivity index (χ1) is 15.5. The second-order valence-corrected chi connectivity index (χ2v) is 14.7. The van der Waals surface area contributed by atoms with Gasteiger partial charge in [-0.05, 0) is 60.8 Å². The van der Waals surface area contributed by atoms with E-state index in [9.17, 15) is 0 Å². The summed E-state index contributed by atoms with van der Waals surface area (Å²) in [5, 5.41) is 8.01. The molecule has 0 fully saturated rings. The Morgan fingerprint density at radius 3 is 2.39 bits per heavy atom. The summed E-state index contributed by atoms with van der Waals surface area (Å²) in [4.78, 5) is 9.13. The molecule has 2 aromatic heterocycles. The number of benzene rings is 1. The molecule has 1 aromatic carbocycles. The number of nitrogens with one attached hydrogen (secondary N) is 1. The van der Waals surface area contributed by atoms with Gasteiger partial charge in [-0.3, -0.25) is 4.98 Å². The van der Waals surface area contributed by atoms with Crippen LogP contribution >= 0.6 is 0 Å². The molecule has 2 heterocycles. The minimum Gasteiger partial charge on any atom is -0.497 e. The van der Waals surface area contributed by atoms with E-state index >= 15 is 0 Å². The molecule has 8 heteroatoms. The second kappa shape index (κ2) is 10.1. The van der Waals surface area contributed by atoms with Crippen LogP contribution in [0.25, 0.3) is 0 Å². The molecule has 3 aromatic rings. The number of hydrogen-bond donors (Lipinski definition) is 1. The van der Waals surface area contributed by atoms with Crippen molar-refractivity contribution in [3.8, 4) is 5.75 Å². The van der Waals surface area contributed by atoms with Crippen LogP contribution in [-0.4, -0.2) is 35.2 Å². The summed E-state index contributed by atoms with van der Waals surface area (Å²) < 4.78 is 13.7. The first-order valence-corrected chi connectivity index (χ1v) is 14.4. The number of methoxy groups -OCH3 is 1. The summed E-state index contributed by atoms with van der Waals surface area (Å²) in [6.07, 6.45) is 4.47. The molecule has 0 aliphatic heterocycles. The van der Waals surface area contributed by atoms with Gasteiger partial charge >= 0.3 is 0 Å². The van der Waals surface area contributed by atoms with Crippen molar-refractivity contribution in [2.75, 3.05) is 12.4 Å². The van der Waals surface area contributed by atoms with Crippen molar-refractivity contribution >= 4 is 20.0 Å². The van der Waals surface area contributed by atoms with Gasteiger partial charge in [-0.15, -0.1) is 5.10 Å². The highest BCUT2D eigenvalue weighted by Crippen LogP contribution is 2.40. The zero-order chi connectivity index (χ0) is 24.2. The fourth-order valence-electron chi connectivity index (χ4n) is 3.24. The number of anilines is 2. The van der Waals surface area contributed by atoms with Crippen LogP contribution in [0.1, 0.15) is 57.0 Å². The summed E-state index contributed by atoms with van der Waals surface area (Å²) in [5.41, 5.74) is 4.08. The van der Waals surface area contributed by atoms with Crippen LogP contribution in [0.15, 0.2) is 42.9 Å². The van der Waals surface area contributed by atoms with E-state index in [0.29, 0.717) is 12.5 Å². The lowest BCUT2D eigenvalue weighted by Crippen LogP contribution is -2.41. The minimum absolute atomic E-state index is 0.000437. The van der Waals surface area contributed by atoms with E-state index in [4.69, 9.17) is 14.1 Å². The number of nitrogens with zero attached hydrogens (tertiary/aromatic N) is 4. The Bertz CT molecular complexity index is 1060. The van der Waals surface area contributed by atoms with Gasteiger partial charge < -0.3 is 14.5 Å². The molecular weight excluding hydrogens is 430 g/mol. The first-order valence-electron chi connectivity index (χ1n) is 11.5. The second-order valence-electron chi connectivity index (χ2n) is 9.94. The monoisotopic (exact) mass is 467 g/mol. The lowest BCUT2D eigenvalue weighted by Gasteiger charge is -2.39. The van der Waals surface area contributed by atoms with Gasteiger partial charge in [0.15, 0.2) is 8.32 Å². The van der Waals surface area contributed by atoms with Gasteiger partial charge in [0.1, 0.15) is 12.1 Å². The maximum Gasteiger partial charge on any atom is 0.246 e. The Balaban J connectivity index is 1.69. The molecule has 0 spiro atoms. The van der Waals surface area contributed by atoms with Gasteiger partial charge in [0, 0.05) is 0 Å². The molecule has 0 saturated heterocycles. The Labute approximate surface area is 198 Å². The van der Waals surface area contributed by atoms with Gasteiger partial charge in [0.25, 0.3) is 0 Å². The molecule has 1 N–H and O–H groups in total. The lowest BCUT2D eigenvalue weighted by atomic mass is 10.1. The molecule has 0 radical (unpaired) electrons. The van der Waals surface area contributed by atoms with E-state index in [1.807, 2.05) is 30.5 Å². The highest BCUT2D eigenvalue weighted by atomic mass is 28.4. The summed E-state index contributed by atoms with van der Waals surface area (Å²) in [5.74, 6) is 1.39. The molecule has 7 nitrogen and oxygen atoms in total. The maximum absolute atomic E-state index is 6.65. The Kier molecular flexibility index (Phi) is 7.59. The normalized spacial score (nSPS) is 13.1.